The van der Waals surface area contributed by atoms with Crippen molar-refractivity contribution in [3.8, 4) is 22.6 Å². The number of hydrogen-bond acceptors (Lipinski definition) is 6. The summed E-state index contributed by atoms with van der Waals surface area (Å²) < 4.78 is 26.8. The van der Waals surface area contributed by atoms with Gasteiger partial charge >= 0.3 is 0 Å². The summed E-state index contributed by atoms with van der Waals surface area (Å²) in [7, 11) is -3.14. The third-order valence-electron chi connectivity index (χ3n) is 6.99. The fourth-order valence-electron chi connectivity index (χ4n) is 5.13. The first kappa shape index (κ1) is 25.6. The molecule has 0 spiro atoms. The van der Waals surface area contributed by atoms with Gasteiger partial charge < -0.3 is 5.32 Å². The van der Waals surface area contributed by atoms with Gasteiger partial charge in [0.2, 0.25) is 0 Å². The van der Waals surface area contributed by atoms with E-state index in [1.54, 1.807) is 30.6 Å². The summed E-state index contributed by atoms with van der Waals surface area (Å²) in [5, 5.41) is 7.86. The summed E-state index contributed by atoms with van der Waals surface area (Å²) in [4.78, 5) is 21.8. The van der Waals surface area contributed by atoms with Gasteiger partial charge in [-0.3, -0.25) is 14.5 Å². The molecular weight excluding hydrogens is 522 g/mol. The predicted molar refractivity (Wildman–Crippen MR) is 155 cm³/mol. The molecule has 1 amide bonds. The summed E-state index contributed by atoms with van der Waals surface area (Å²) in [6.45, 7) is 0. The van der Waals surface area contributed by atoms with Crippen molar-refractivity contribution in [2.45, 2.75) is 18.9 Å². The van der Waals surface area contributed by atoms with Crippen LogP contribution >= 0.6 is 0 Å². The highest BCUT2D eigenvalue weighted by Crippen LogP contribution is 2.37. The molecule has 5 aromatic rings. The van der Waals surface area contributed by atoms with E-state index in [-0.39, 0.29) is 23.5 Å². The molecule has 9 heteroatoms. The van der Waals surface area contributed by atoms with E-state index in [1.165, 1.54) is 0 Å². The van der Waals surface area contributed by atoms with Crippen molar-refractivity contribution in [3.05, 3.63) is 120 Å². The van der Waals surface area contributed by atoms with Gasteiger partial charge in [-0.25, -0.2) is 13.4 Å². The molecule has 0 radical (unpaired) electrons. The van der Waals surface area contributed by atoms with Gasteiger partial charge in [-0.2, -0.15) is 5.10 Å². The Morgan fingerprint density at radius 3 is 2.38 bits per heavy atom. The van der Waals surface area contributed by atoms with Gasteiger partial charge in [-0.15, -0.1) is 0 Å². The number of anilines is 1. The molecule has 1 aliphatic heterocycles. The maximum absolute atomic E-state index is 13.0. The normalized spacial score (nSPS) is 16.1. The molecule has 0 aliphatic carbocycles. The lowest BCUT2D eigenvalue weighted by molar-refractivity contribution is 0.102. The number of sulfone groups is 1. The van der Waals surface area contributed by atoms with Gasteiger partial charge in [0.25, 0.3) is 5.91 Å². The number of rotatable bonds is 7. The minimum Gasteiger partial charge on any atom is -0.307 e. The Kier molecular flexibility index (Phi) is 6.96. The third-order valence-corrected chi connectivity index (χ3v) is 8.74. The number of benzene rings is 2. The van der Waals surface area contributed by atoms with Gasteiger partial charge in [0, 0.05) is 35.5 Å². The van der Waals surface area contributed by atoms with Crippen LogP contribution in [-0.4, -0.2) is 45.6 Å². The van der Waals surface area contributed by atoms with Crippen LogP contribution in [0.5, 0.6) is 0 Å². The summed E-state index contributed by atoms with van der Waals surface area (Å²) in [6, 6.07) is 28.1. The van der Waals surface area contributed by atoms with E-state index < -0.39 is 9.84 Å². The fraction of sp³-hybridized carbons (Fsp3) is 0.161. The molecule has 0 saturated carbocycles. The Morgan fingerprint density at radius 1 is 0.900 bits per heavy atom. The molecule has 200 valence electrons. The zero-order valence-corrected chi connectivity index (χ0v) is 22.5. The minimum atomic E-state index is -3.14. The number of aromatic nitrogens is 4. The van der Waals surface area contributed by atoms with Crippen molar-refractivity contribution in [2.75, 3.05) is 16.8 Å². The molecule has 1 fully saturated rings. The lowest BCUT2D eigenvalue weighted by Gasteiger charge is -2.15. The Morgan fingerprint density at radius 2 is 1.68 bits per heavy atom. The van der Waals surface area contributed by atoms with Crippen molar-refractivity contribution < 1.29 is 13.2 Å². The van der Waals surface area contributed by atoms with Crippen molar-refractivity contribution in [3.63, 3.8) is 0 Å². The zero-order chi connectivity index (χ0) is 27.5. The first-order valence-corrected chi connectivity index (χ1v) is 14.9. The molecule has 6 rings (SSSR count). The number of amides is 1. The predicted octanol–water partition coefficient (Wildman–Crippen LogP) is 5.21. The molecule has 1 N–H and O–H groups in total. The van der Waals surface area contributed by atoms with Crippen molar-refractivity contribution in [1.29, 1.82) is 0 Å². The van der Waals surface area contributed by atoms with Gasteiger partial charge in [0.05, 0.1) is 28.9 Å². The smallest absolute Gasteiger partial charge is 0.256 e. The number of hydrogen-bond donors (Lipinski definition) is 1. The Balaban J connectivity index is 1.45. The number of carbonyl (C=O) groups excluding carboxylic acids is 1. The fourth-order valence-corrected chi connectivity index (χ4v) is 6.82. The van der Waals surface area contributed by atoms with Crippen molar-refractivity contribution in [1.82, 2.24) is 19.7 Å². The van der Waals surface area contributed by atoms with Crippen LogP contribution in [0.2, 0.25) is 0 Å². The molecule has 40 heavy (non-hydrogen) atoms. The summed E-state index contributed by atoms with van der Waals surface area (Å²) in [5.41, 5.74) is 5.58. The summed E-state index contributed by atoms with van der Waals surface area (Å²) in [5.74, 6) is 0.432. The lowest BCUT2D eigenvalue weighted by Crippen LogP contribution is -2.14. The number of nitrogens with zero attached hydrogens (tertiary/aromatic N) is 4. The third kappa shape index (κ3) is 5.41. The minimum absolute atomic E-state index is 0.0544. The highest BCUT2D eigenvalue weighted by Gasteiger charge is 2.33. The maximum atomic E-state index is 13.0. The standard InChI is InChI=1S/C31H27N5O3S/c37-31(34-28-14-5-7-17-33-28)24-12-8-9-22(19-24)20-26-29(27-13-4-6-16-32-27)35-36(25-15-18-40(38,39)21-25)30(26)23-10-2-1-3-11-23/h1-14,16-17,19,25H,15,18,20-21H2,(H,33,34,37). The average molecular weight is 550 g/mol. The van der Waals surface area contributed by atoms with E-state index >= 15 is 0 Å². The van der Waals surface area contributed by atoms with Crippen LogP contribution in [0.25, 0.3) is 22.6 Å². The van der Waals surface area contributed by atoms with E-state index in [1.807, 2.05) is 77.5 Å². The largest absolute Gasteiger partial charge is 0.307 e. The molecule has 1 saturated heterocycles. The lowest BCUT2D eigenvalue weighted by atomic mass is 9.96. The van der Waals surface area contributed by atoms with Crippen LogP contribution in [-0.2, 0) is 16.3 Å². The van der Waals surface area contributed by atoms with Gasteiger partial charge in [0.1, 0.15) is 11.5 Å². The highest BCUT2D eigenvalue weighted by atomic mass is 32.2. The molecule has 3 aromatic heterocycles. The van der Waals surface area contributed by atoms with E-state index in [4.69, 9.17) is 5.10 Å². The maximum Gasteiger partial charge on any atom is 0.256 e. The van der Waals surface area contributed by atoms with E-state index in [2.05, 4.69) is 15.3 Å². The Bertz CT molecular complexity index is 1760. The Hall–Kier alpha value is -4.63. The van der Waals surface area contributed by atoms with Crippen molar-refractivity contribution in [2.24, 2.45) is 0 Å². The molecular formula is C31H27N5O3S. The van der Waals surface area contributed by atoms with Crippen LogP contribution in [0.1, 0.15) is 33.9 Å². The molecule has 0 bridgehead atoms. The molecule has 8 nitrogen and oxygen atoms in total. The van der Waals surface area contributed by atoms with E-state index in [0.717, 1.165) is 22.4 Å². The highest BCUT2D eigenvalue weighted by molar-refractivity contribution is 7.91. The second-order valence-corrected chi connectivity index (χ2v) is 12.0. The first-order chi connectivity index (χ1) is 19.5. The summed E-state index contributed by atoms with van der Waals surface area (Å²) >= 11 is 0. The van der Waals surface area contributed by atoms with Crippen LogP contribution in [0, 0.1) is 0 Å². The molecule has 1 unspecified atom stereocenters. The molecule has 2 aromatic carbocycles. The quantitative estimate of drug-likeness (QED) is 0.299. The first-order valence-electron chi connectivity index (χ1n) is 13.1. The zero-order valence-electron chi connectivity index (χ0n) is 21.6. The summed E-state index contributed by atoms with van der Waals surface area (Å²) in [6.07, 6.45) is 4.33. The molecule has 1 atom stereocenters. The van der Waals surface area contributed by atoms with Crippen LogP contribution in [0.4, 0.5) is 5.82 Å². The molecule has 1 aliphatic rings. The number of pyridine rings is 2. The van der Waals surface area contributed by atoms with Crippen LogP contribution in [0.3, 0.4) is 0 Å². The number of carbonyl (C=O) groups is 1. The van der Waals surface area contributed by atoms with Crippen LogP contribution < -0.4 is 5.32 Å². The second-order valence-electron chi connectivity index (χ2n) is 9.80. The van der Waals surface area contributed by atoms with Gasteiger partial charge in [0.15, 0.2) is 9.84 Å². The van der Waals surface area contributed by atoms with Gasteiger partial charge in [-0.1, -0.05) is 54.6 Å². The molecule has 4 heterocycles. The van der Waals surface area contributed by atoms with E-state index in [9.17, 15) is 13.2 Å². The Labute approximate surface area is 232 Å². The monoisotopic (exact) mass is 549 g/mol. The van der Waals surface area contributed by atoms with Crippen molar-refractivity contribution >= 4 is 21.6 Å². The SMILES string of the molecule is O=C(Nc1ccccn1)c1cccc(Cc2c(-c3ccccn3)nn(C3CCS(=O)(=O)C3)c2-c2ccccc2)c1. The van der Waals surface area contributed by atoms with Crippen LogP contribution in [0.15, 0.2) is 103 Å². The van der Waals surface area contributed by atoms with Gasteiger partial charge in [-0.05, 0) is 48.4 Å². The second kappa shape index (κ2) is 10.9. The topological polar surface area (TPSA) is 107 Å². The average Bonchev–Trinajstić information content (AvgIpc) is 3.54. The van der Waals surface area contributed by atoms with E-state index in [0.29, 0.717) is 35.6 Å². The number of nitrogens with one attached hydrogen (secondary N) is 1.